The van der Waals surface area contributed by atoms with E-state index in [4.69, 9.17) is 14.6 Å². The Morgan fingerprint density at radius 2 is 1.87 bits per heavy atom. The zero-order chi connectivity index (χ0) is 11.7. The maximum atomic E-state index is 9.14. The fourth-order valence-corrected chi connectivity index (χ4v) is 1.03. The van der Waals surface area contributed by atoms with Gasteiger partial charge in [0.2, 0.25) is 0 Å². The summed E-state index contributed by atoms with van der Waals surface area (Å²) in [5.41, 5.74) is -0.171. The summed E-state index contributed by atoms with van der Waals surface area (Å²) in [5, 5.41) is 9.14. The highest BCUT2D eigenvalue weighted by Crippen LogP contribution is 2.09. The van der Waals surface area contributed by atoms with E-state index in [1.54, 1.807) is 7.11 Å². The molecule has 0 aliphatic carbocycles. The number of hydrogen-bond donors (Lipinski definition) is 1. The Kier molecular flexibility index (Phi) is 7.96. The first-order valence-corrected chi connectivity index (χ1v) is 5.43. The molecule has 0 bridgehead atoms. The average molecular weight is 219 g/mol. The third kappa shape index (κ3) is 6.84. The van der Waals surface area contributed by atoms with Crippen molar-refractivity contribution < 1.29 is 14.6 Å². The van der Waals surface area contributed by atoms with Gasteiger partial charge in [0, 0.05) is 32.4 Å². The number of hydrogen-bond acceptors (Lipinski definition) is 4. The van der Waals surface area contributed by atoms with Crippen LogP contribution in [-0.2, 0) is 9.47 Å². The van der Waals surface area contributed by atoms with E-state index in [1.165, 1.54) is 0 Å². The van der Waals surface area contributed by atoms with Crippen LogP contribution in [0.5, 0.6) is 0 Å². The van der Waals surface area contributed by atoms with Crippen molar-refractivity contribution in [3.05, 3.63) is 0 Å². The third-order valence-corrected chi connectivity index (χ3v) is 2.63. The standard InChI is InChI=1S/C11H25NO3/c1-11(2,10-13)12(3)6-9-15-8-5-7-14-4/h13H,5-10H2,1-4H3. The summed E-state index contributed by atoms with van der Waals surface area (Å²) in [7, 11) is 3.69. The van der Waals surface area contributed by atoms with Gasteiger partial charge in [-0.15, -0.1) is 0 Å². The summed E-state index contributed by atoms with van der Waals surface area (Å²) in [6.45, 7) is 7.20. The second kappa shape index (κ2) is 8.05. The van der Waals surface area contributed by atoms with Crippen molar-refractivity contribution in [1.29, 1.82) is 0 Å². The van der Waals surface area contributed by atoms with Crippen molar-refractivity contribution in [1.82, 2.24) is 4.90 Å². The summed E-state index contributed by atoms with van der Waals surface area (Å²) in [5.74, 6) is 0. The highest BCUT2D eigenvalue weighted by atomic mass is 16.5. The number of ether oxygens (including phenoxy) is 2. The van der Waals surface area contributed by atoms with E-state index in [2.05, 4.69) is 4.90 Å². The molecule has 4 nitrogen and oxygen atoms in total. The molecular formula is C11H25NO3. The van der Waals surface area contributed by atoms with E-state index in [-0.39, 0.29) is 12.1 Å². The lowest BCUT2D eigenvalue weighted by atomic mass is 10.1. The second-order valence-corrected chi connectivity index (χ2v) is 4.35. The number of aliphatic hydroxyl groups excluding tert-OH is 1. The Morgan fingerprint density at radius 3 is 2.40 bits per heavy atom. The minimum Gasteiger partial charge on any atom is -0.394 e. The van der Waals surface area contributed by atoms with Crippen molar-refractivity contribution in [2.24, 2.45) is 0 Å². The van der Waals surface area contributed by atoms with Gasteiger partial charge in [-0.05, 0) is 27.3 Å². The quantitative estimate of drug-likeness (QED) is 0.581. The fraction of sp³-hybridized carbons (Fsp3) is 1.00. The van der Waals surface area contributed by atoms with Gasteiger partial charge in [-0.1, -0.05) is 0 Å². The molecule has 0 saturated carbocycles. The summed E-state index contributed by atoms with van der Waals surface area (Å²) in [4.78, 5) is 2.10. The van der Waals surface area contributed by atoms with Crippen LogP contribution in [0.25, 0.3) is 0 Å². The van der Waals surface area contributed by atoms with Gasteiger partial charge < -0.3 is 14.6 Å². The van der Waals surface area contributed by atoms with Crippen LogP contribution < -0.4 is 0 Å². The third-order valence-electron chi connectivity index (χ3n) is 2.63. The first-order chi connectivity index (χ1) is 7.04. The molecule has 0 heterocycles. The molecule has 0 aliphatic heterocycles. The first-order valence-electron chi connectivity index (χ1n) is 5.43. The molecule has 1 N–H and O–H groups in total. The average Bonchev–Trinajstić information content (AvgIpc) is 2.22. The van der Waals surface area contributed by atoms with E-state index >= 15 is 0 Å². The van der Waals surface area contributed by atoms with Crippen LogP contribution in [0.2, 0.25) is 0 Å². The molecule has 0 aromatic carbocycles. The molecule has 0 atom stereocenters. The topological polar surface area (TPSA) is 41.9 Å². The Bertz CT molecular complexity index is 151. The molecule has 0 rings (SSSR count). The summed E-state index contributed by atoms with van der Waals surface area (Å²) >= 11 is 0. The second-order valence-electron chi connectivity index (χ2n) is 4.35. The zero-order valence-electron chi connectivity index (χ0n) is 10.5. The molecule has 0 saturated heterocycles. The molecule has 4 heteroatoms. The first kappa shape index (κ1) is 14.8. The molecule has 92 valence electrons. The molecule has 0 fully saturated rings. The molecule has 0 aromatic heterocycles. The van der Waals surface area contributed by atoms with Crippen LogP contribution in [0.1, 0.15) is 20.3 Å². The maximum absolute atomic E-state index is 9.14. The van der Waals surface area contributed by atoms with Gasteiger partial charge in [0.25, 0.3) is 0 Å². The van der Waals surface area contributed by atoms with E-state index in [1.807, 2.05) is 20.9 Å². The minimum atomic E-state index is -0.171. The minimum absolute atomic E-state index is 0.160. The Morgan fingerprint density at radius 1 is 1.20 bits per heavy atom. The van der Waals surface area contributed by atoms with Gasteiger partial charge in [-0.3, -0.25) is 4.90 Å². The molecule has 0 unspecified atom stereocenters. The van der Waals surface area contributed by atoms with Crippen LogP contribution >= 0.6 is 0 Å². The van der Waals surface area contributed by atoms with E-state index in [0.29, 0.717) is 6.61 Å². The predicted octanol–water partition coefficient (Wildman–Crippen LogP) is 0.742. The van der Waals surface area contributed by atoms with Crippen LogP contribution in [0.3, 0.4) is 0 Å². The lowest BCUT2D eigenvalue weighted by molar-refractivity contribution is 0.0386. The lowest BCUT2D eigenvalue weighted by Crippen LogP contribution is -2.45. The molecule has 0 radical (unpaired) electrons. The SMILES string of the molecule is COCCCOCCN(C)C(C)(C)CO. The Balaban J connectivity index is 3.43. The lowest BCUT2D eigenvalue weighted by Gasteiger charge is -2.33. The smallest absolute Gasteiger partial charge is 0.0609 e. The van der Waals surface area contributed by atoms with Gasteiger partial charge in [0.05, 0.1) is 13.2 Å². The van der Waals surface area contributed by atoms with Crippen LogP contribution in [0.15, 0.2) is 0 Å². The van der Waals surface area contributed by atoms with Gasteiger partial charge in [0.15, 0.2) is 0 Å². The predicted molar refractivity (Wildman–Crippen MR) is 61.1 cm³/mol. The van der Waals surface area contributed by atoms with Gasteiger partial charge in [-0.25, -0.2) is 0 Å². The van der Waals surface area contributed by atoms with E-state index in [0.717, 1.165) is 26.2 Å². The van der Waals surface area contributed by atoms with Crippen molar-refractivity contribution >= 4 is 0 Å². The molecule has 0 aliphatic rings. The number of likely N-dealkylation sites (N-methyl/N-ethyl adjacent to an activating group) is 1. The van der Waals surface area contributed by atoms with E-state index < -0.39 is 0 Å². The van der Waals surface area contributed by atoms with Gasteiger partial charge >= 0.3 is 0 Å². The molecule has 0 amide bonds. The number of nitrogens with zero attached hydrogens (tertiary/aromatic N) is 1. The Hall–Kier alpha value is -0.160. The molecule has 0 aromatic rings. The Labute approximate surface area is 93.2 Å². The fourth-order valence-electron chi connectivity index (χ4n) is 1.03. The summed E-state index contributed by atoms with van der Waals surface area (Å²) in [6.07, 6.45) is 0.934. The summed E-state index contributed by atoms with van der Waals surface area (Å²) in [6, 6.07) is 0. The van der Waals surface area contributed by atoms with Crippen molar-refractivity contribution in [2.75, 3.05) is 47.1 Å². The van der Waals surface area contributed by atoms with Crippen molar-refractivity contribution in [2.45, 2.75) is 25.8 Å². The molecular weight excluding hydrogens is 194 g/mol. The normalized spacial score (nSPS) is 12.4. The highest BCUT2D eigenvalue weighted by Gasteiger charge is 2.21. The zero-order valence-corrected chi connectivity index (χ0v) is 10.5. The number of rotatable bonds is 9. The van der Waals surface area contributed by atoms with Gasteiger partial charge in [-0.2, -0.15) is 0 Å². The van der Waals surface area contributed by atoms with Crippen LogP contribution in [-0.4, -0.2) is 62.7 Å². The monoisotopic (exact) mass is 219 g/mol. The number of methoxy groups -OCH3 is 1. The van der Waals surface area contributed by atoms with Gasteiger partial charge in [0.1, 0.15) is 0 Å². The maximum Gasteiger partial charge on any atom is 0.0609 e. The van der Waals surface area contributed by atoms with E-state index in [9.17, 15) is 0 Å². The number of aliphatic hydroxyl groups is 1. The molecule has 0 spiro atoms. The molecule has 15 heavy (non-hydrogen) atoms. The highest BCUT2D eigenvalue weighted by molar-refractivity contribution is 4.77. The van der Waals surface area contributed by atoms with Crippen LogP contribution in [0, 0.1) is 0 Å². The summed E-state index contributed by atoms with van der Waals surface area (Å²) < 4.78 is 10.4. The van der Waals surface area contributed by atoms with Crippen LogP contribution in [0.4, 0.5) is 0 Å². The van der Waals surface area contributed by atoms with Crippen molar-refractivity contribution in [3.8, 4) is 0 Å². The largest absolute Gasteiger partial charge is 0.394 e. The van der Waals surface area contributed by atoms with Crippen molar-refractivity contribution in [3.63, 3.8) is 0 Å².